The van der Waals surface area contributed by atoms with E-state index in [9.17, 15) is 14.9 Å². The summed E-state index contributed by atoms with van der Waals surface area (Å²) >= 11 is 0. The van der Waals surface area contributed by atoms with Crippen molar-refractivity contribution in [2.75, 3.05) is 19.0 Å². The highest BCUT2D eigenvalue weighted by Gasteiger charge is 2.24. The van der Waals surface area contributed by atoms with Crippen LogP contribution in [0.4, 0.5) is 5.82 Å². The zero-order valence-corrected chi connectivity index (χ0v) is 17.8. The molecule has 0 aromatic carbocycles. The van der Waals surface area contributed by atoms with Crippen LogP contribution in [0.5, 0.6) is 0 Å². The van der Waals surface area contributed by atoms with Gasteiger partial charge in [0.05, 0.1) is 6.61 Å². The van der Waals surface area contributed by atoms with E-state index in [4.69, 9.17) is 14.0 Å². The second kappa shape index (κ2) is 10.4. The van der Waals surface area contributed by atoms with Crippen LogP contribution in [0.2, 0.25) is 0 Å². The number of nitrogens with one attached hydrogen (secondary N) is 1. The molecule has 2 aromatic heterocycles. The van der Waals surface area contributed by atoms with Crippen molar-refractivity contribution < 1.29 is 23.6 Å². The molecule has 1 amide bonds. The molecular weight excluding hydrogens is 388 g/mol. The minimum Gasteiger partial charge on any atom is -0.448 e. The van der Waals surface area contributed by atoms with Crippen LogP contribution < -0.4 is 5.32 Å². The van der Waals surface area contributed by atoms with Crippen LogP contribution in [-0.2, 0) is 25.6 Å². The van der Waals surface area contributed by atoms with E-state index in [1.54, 1.807) is 27.0 Å². The third-order valence-electron chi connectivity index (χ3n) is 4.56. The molecule has 1 unspecified atom stereocenters. The molecule has 0 saturated heterocycles. The minimum absolute atomic E-state index is 0.189. The number of amides is 1. The molecule has 9 nitrogen and oxygen atoms in total. The predicted molar refractivity (Wildman–Crippen MR) is 109 cm³/mol. The van der Waals surface area contributed by atoms with Crippen LogP contribution in [0.3, 0.4) is 0 Å². The number of rotatable bonds is 9. The maximum Gasteiger partial charge on any atom is 0.349 e. The Labute approximate surface area is 175 Å². The lowest BCUT2D eigenvalue weighted by molar-refractivity contribution is -0.150. The summed E-state index contributed by atoms with van der Waals surface area (Å²) in [5.74, 6) is -0.647. The molecule has 0 radical (unpaired) electrons. The van der Waals surface area contributed by atoms with Crippen molar-refractivity contribution in [3.8, 4) is 6.07 Å². The van der Waals surface area contributed by atoms with Gasteiger partial charge in [-0.05, 0) is 44.9 Å². The van der Waals surface area contributed by atoms with Gasteiger partial charge in [-0.2, -0.15) is 5.26 Å². The molecule has 0 aliphatic carbocycles. The number of hydrogen-bond acceptors (Lipinski definition) is 7. The first-order valence-corrected chi connectivity index (χ1v) is 9.53. The molecule has 9 heteroatoms. The molecule has 160 valence electrons. The van der Waals surface area contributed by atoms with Crippen LogP contribution >= 0.6 is 0 Å². The van der Waals surface area contributed by atoms with Gasteiger partial charge in [-0.3, -0.25) is 4.79 Å². The Morgan fingerprint density at radius 1 is 1.37 bits per heavy atom. The van der Waals surface area contributed by atoms with Crippen molar-refractivity contribution in [2.24, 2.45) is 0 Å². The van der Waals surface area contributed by atoms with Crippen molar-refractivity contribution in [1.29, 1.82) is 5.26 Å². The summed E-state index contributed by atoms with van der Waals surface area (Å²) in [5, 5.41) is 15.7. The summed E-state index contributed by atoms with van der Waals surface area (Å²) in [6, 6.07) is 5.29. The van der Waals surface area contributed by atoms with E-state index < -0.39 is 18.0 Å². The van der Waals surface area contributed by atoms with Crippen LogP contribution in [0.1, 0.15) is 36.1 Å². The van der Waals surface area contributed by atoms with Gasteiger partial charge in [-0.15, -0.1) is 0 Å². The average molecular weight is 414 g/mol. The van der Waals surface area contributed by atoms with Crippen molar-refractivity contribution in [3.63, 3.8) is 0 Å². The first kappa shape index (κ1) is 22.9. The number of hydrogen-bond donors (Lipinski definition) is 1. The molecule has 0 saturated carbocycles. The summed E-state index contributed by atoms with van der Waals surface area (Å²) in [7, 11) is 1.63. The zero-order valence-electron chi connectivity index (χ0n) is 17.8. The Morgan fingerprint density at radius 3 is 2.67 bits per heavy atom. The topological polar surface area (TPSA) is 119 Å². The lowest BCUT2D eigenvalue weighted by atomic mass is 10.1. The number of nitriles is 1. The quantitative estimate of drug-likeness (QED) is 0.380. The second-order valence-corrected chi connectivity index (χ2v) is 6.75. The Bertz CT molecular complexity index is 980. The zero-order chi connectivity index (χ0) is 22.3. The van der Waals surface area contributed by atoms with Gasteiger partial charge >= 0.3 is 5.97 Å². The number of carbonyl (C=O) groups excluding carboxylic acids is 2. The van der Waals surface area contributed by atoms with E-state index in [2.05, 4.69) is 10.5 Å². The highest BCUT2D eigenvalue weighted by molar-refractivity contribution is 6.01. The second-order valence-electron chi connectivity index (χ2n) is 6.75. The maximum atomic E-state index is 12.5. The van der Waals surface area contributed by atoms with Gasteiger partial charge < -0.3 is 23.9 Å². The Morgan fingerprint density at radius 2 is 2.10 bits per heavy atom. The van der Waals surface area contributed by atoms with Crippen LogP contribution in [0, 0.1) is 32.1 Å². The predicted octanol–water partition coefficient (Wildman–Crippen LogP) is 2.92. The molecule has 0 fully saturated rings. The van der Waals surface area contributed by atoms with Gasteiger partial charge in [0.1, 0.15) is 17.4 Å². The normalized spacial score (nSPS) is 12.3. The van der Waals surface area contributed by atoms with Gasteiger partial charge in [0, 0.05) is 31.1 Å². The molecular formula is C21H26N4O5. The molecule has 0 aliphatic rings. The number of anilines is 1. The molecule has 30 heavy (non-hydrogen) atoms. The highest BCUT2D eigenvalue weighted by Crippen LogP contribution is 2.19. The van der Waals surface area contributed by atoms with E-state index >= 15 is 0 Å². The number of esters is 1. The Hall–Kier alpha value is -3.38. The number of nitrogens with zero attached hydrogens (tertiary/aromatic N) is 3. The molecule has 1 N–H and O–H groups in total. The fraction of sp³-hybridized carbons (Fsp3) is 0.429. The van der Waals surface area contributed by atoms with Crippen molar-refractivity contribution in [2.45, 2.75) is 46.8 Å². The fourth-order valence-corrected chi connectivity index (χ4v) is 2.94. The third kappa shape index (κ3) is 5.58. The largest absolute Gasteiger partial charge is 0.448 e. The first-order chi connectivity index (χ1) is 14.3. The standard InChI is InChI=1S/C21H26N4O5/c1-6-18(20(26)23-19-10-14(3)30-24-19)29-21(27)17(12-22)11-16-9-13(2)25(15(16)4)7-8-28-5/h9-11,18H,6-8H2,1-5H3,(H,23,24,26)/b17-11+. The van der Waals surface area contributed by atoms with Crippen molar-refractivity contribution in [1.82, 2.24) is 9.72 Å². The molecule has 0 aliphatic heterocycles. The lowest BCUT2D eigenvalue weighted by Crippen LogP contribution is -2.32. The monoisotopic (exact) mass is 414 g/mol. The van der Waals surface area contributed by atoms with E-state index in [1.165, 1.54) is 6.08 Å². The Kier molecular flexibility index (Phi) is 7.95. The van der Waals surface area contributed by atoms with E-state index in [1.807, 2.05) is 30.6 Å². The van der Waals surface area contributed by atoms with Crippen molar-refractivity contribution >= 4 is 23.8 Å². The van der Waals surface area contributed by atoms with Gasteiger partial charge in [0.15, 0.2) is 11.9 Å². The van der Waals surface area contributed by atoms with E-state index in [-0.39, 0.29) is 17.8 Å². The number of aryl methyl sites for hydroxylation is 2. The van der Waals surface area contributed by atoms with E-state index in [0.717, 1.165) is 17.0 Å². The lowest BCUT2D eigenvalue weighted by Gasteiger charge is -2.14. The fourth-order valence-electron chi connectivity index (χ4n) is 2.94. The molecule has 1 atom stereocenters. The molecule has 2 heterocycles. The summed E-state index contributed by atoms with van der Waals surface area (Å²) in [6.07, 6.45) is 0.637. The van der Waals surface area contributed by atoms with Crippen molar-refractivity contribution in [3.05, 3.63) is 40.4 Å². The van der Waals surface area contributed by atoms with Gasteiger partial charge in [0.25, 0.3) is 5.91 Å². The van der Waals surface area contributed by atoms with Gasteiger partial charge in [-0.1, -0.05) is 12.1 Å². The number of ether oxygens (including phenoxy) is 2. The first-order valence-electron chi connectivity index (χ1n) is 9.53. The average Bonchev–Trinajstić information content (AvgIpc) is 3.24. The highest BCUT2D eigenvalue weighted by atomic mass is 16.5. The number of carbonyl (C=O) groups is 2. The number of aromatic nitrogens is 2. The number of methoxy groups -OCH3 is 1. The van der Waals surface area contributed by atoms with Gasteiger partial charge in [-0.25, -0.2) is 4.79 Å². The molecule has 2 aromatic rings. The summed E-state index contributed by atoms with van der Waals surface area (Å²) in [4.78, 5) is 24.9. The maximum absolute atomic E-state index is 12.5. The molecule has 0 bridgehead atoms. The molecule has 0 spiro atoms. The summed E-state index contributed by atoms with van der Waals surface area (Å²) in [6.45, 7) is 8.43. The smallest absolute Gasteiger partial charge is 0.349 e. The van der Waals surface area contributed by atoms with E-state index in [0.29, 0.717) is 18.9 Å². The summed E-state index contributed by atoms with van der Waals surface area (Å²) < 4.78 is 17.3. The molecule has 2 rings (SSSR count). The Balaban J connectivity index is 2.15. The summed E-state index contributed by atoms with van der Waals surface area (Å²) in [5.41, 5.74) is 2.42. The minimum atomic E-state index is -1.07. The SMILES string of the molecule is CCC(OC(=O)/C(C#N)=C/c1cc(C)n(CCOC)c1C)C(=O)Nc1cc(C)on1. The van der Waals surface area contributed by atoms with Crippen LogP contribution in [0.25, 0.3) is 6.08 Å². The third-order valence-corrected chi connectivity index (χ3v) is 4.56. The van der Waals surface area contributed by atoms with Gasteiger partial charge in [0.2, 0.25) is 0 Å². The van der Waals surface area contributed by atoms with Crippen LogP contribution in [0.15, 0.2) is 22.2 Å². The van der Waals surface area contributed by atoms with Crippen LogP contribution in [-0.4, -0.2) is 41.4 Å².